The molecule has 0 aliphatic carbocycles. The van der Waals surface area contributed by atoms with Crippen LogP contribution in [0.5, 0.6) is 0 Å². The molecule has 0 atom stereocenters. The zero-order valence-electron chi connectivity index (χ0n) is 15.7. The van der Waals surface area contributed by atoms with E-state index in [0.717, 1.165) is 11.1 Å². The van der Waals surface area contributed by atoms with Crippen molar-refractivity contribution in [1.82, 2.24) is 0 Å². The molecule has 0 saturated carbocycles. The number of benzene rings is 2. The van der Waals surface area contributed by atoms with Gasteiger partial charge >= 0.3 is 0 Å². The van der Waals surface area contributed by atoms with Crippen LogP contribution in [0.25, 0.3) is 11.1 Å². The lowest BCUT2D eigenvalue weighted by atomic mass is 10.0. The van der Waals surface area contributed by atoms with E-state index in [9.17, 15) is 9.59 Å². The molecule has 0 unspecified atom stereocenters. The van der Waals surface area contributed by atoms with Crippen LogP contribution < -0.4 is 10.6 Å². The molecule has 1 aromatic heterocycles. The maximum absolute atomic E-state index is 13.1. The molecular formula is C22H21ClN2O2S. The molecule has 0 bridgehead atoms. The van der Waals surface area contributed by atoms with Crippen LogP contribution in [-0.4, -0.2) is 11.8 Å². The van der Waals surface area contributed by atoms with Crippen LogP contribution >= 0.6 is 22.9 Å². The molecule has 0 saturated heterocycles. The van der Waals surface area contributed by atoms with Gasteiger partial charge in [0.25, 0.3) is 5.91 Å². The van der Waals surface area contributed by atoms with E-state index in [-0.39, 0.29) is 17.7 Å². The highest BCUT2D eigenvalue weighted by molar-refractivity contribution is 7.15. The number of carbonyl (C=O) groups is 2. The van der Waals surface area contributed by atoms with E-state index in [2.05, 4.69) is 10.6 Å². The van der Waals surface area contributed by atoms with Crippen LogP contribution in [0.15, 0.2) is 60.0 Å². The van der Waals surface area contributed by atoms with E-state index in [4.69, 9.17) is 11.6 Å². The van der Waals surface area contributed by atoms with E-state index in [1.165, 1.54) is 11.3 Å². The highest BCUT2D eigenvalue weighted by atomic mass is 35.5. The van der Waals surface area contributed by atoms with Gasteiger partial charge < -0.3 is 10.6 Å². The second-order valence-electron chi connectivity index (χ2n) is 6.80. The molecule has 2 amide bonds. The van der Waals surface area contributed by atoms with E-state index in [1.54, 1.807) is 24.3 Å². The van der Waals surface area contributed by atoms with Crippen molar-refractivity contribution in [3.63, 3.8) is 0 Å². The van der Waals surface area contributed by atoms with E-state index >= 15 is 0 Å². The molecular weight excluding hydrogens is 392 g/mol. The fourth-order valence-corrected chi connectivity index (χ4v) is 3.97. The molecule has 144 valence electrons. The summed E-state index contributed by atoms with van der Waals surface area (Å²) in [5.74, 6) is -0.190. The molecule has 6 heteroatoms. The number of amides is 2. The number of anilines is 2. The van der Waals surface area contributed by atoms with Gasteiger partial charge in [-0.1, -0.05) is 67.9 Å². The number of nitrogens with one attached hydrogen (secondary N) is 2. The molecule has 0 aliphatic rings. The van der Waals surface area contributed by atoms with Crippen LogP contribution in [-0.2, 0) is 4.79 Å². The summed E-state index contributed by atoms with van der Waals surface area (Å²) in [6, 6.07) is 16.7. The third-order valence-electron chi connectivity index (χ3n) is 4.07. The fourth-order valence-electron chi connectivity index (χ4n) is 2.80. The van der Waals surface area contributed by atoms with Gasteiger partial charge in [0.1, 0.15) is 5.00 Å². The minimum absolute atomic E-state index is 0.108. The standard InChI is InChI=1S/C22H21ClN2O2S/c1-14(2)12-19(26)25-22-20(16(13-28-22)15-8-4-3-5-9-15)21(27)24-18-11-7-6-10-17(18)23/h3-11,13-14H,12H2,1-2H3,(H,24,27)(H,25,26). The third kappa shape index (κ3) is 4.80. The Kier molecular flexibility index (Phi) is 6.49. The highest BCUT2D eigenvalue weighted by Crippen LogP contribution is 2.36. The second kappa shape index (κ2) is 9.04. The topological polar surface area (TPSA) is 58.2 Å². The zero-order valence-corrected chi connectivity index (χ0v) is 17.2. The molecule has 0 radical (unpaired) electrons. The summed E-state index contributed by atoms with van der Waals surface area (Å²) in [6.07, 6.45) is 0.393. The van der Waals surface area contributed by atoms with Gasteiger partial charge in [0, 0.05) is 17.4 Å². The summed E-state index contributed by atoms with van der Waals surface area (Å²) in [4.78, 5) is 25.4. The lowest BCUT2D eigenvalue weighted by molar-refractivity contribution is -0.116. The number of thiophene rings is 1. The van der Waals surface area contributed by atoms with Crippen molar-refractivity contribution in [2.24, 2.45) is 5.92 Å². The quantitative estimate of drug-likeness (QED) is 0.498. The van der Waals surface area contributed by atoms with Crippen LogP contribution in [0.3, 0.4) is 0 Å². The largest absolute Gasteiger partial charge is 0.321 e. The van der Waals surface area contributed by atoms with Crippen LogP contribution in [0.1, 0.15) is 30.6 Å². The van der Waals surface area contributed by atoms with Crippen molar-refractivity contribution in [2.75, 3.05) is 10.6 Å². The summed E-state index contributed by atoms with van der Waals surface area (Å²) in [6.45, 7) is 3.96. The molecule has 1 heterocycles. The van der Waals surface area contributed by atoms with E-state index < -0.39 is 0 Å². The van der Waals surface area contributed by atoms with Gasteiger partial charge in [-0.2, -0.15) is 0 Å². The maximum atomic E-state index is 13.1. The Hall–Kier alpha value is -2.63. The smallest absolute Gasteiger partial charge is 0.259 e. The first-order chi connectivity index (χ1) is 13.5. The summed E-state index contributed by atoms with van der Waals surface area (Å²) < 4.78 is 0. The molecule has 3 rings (SSSR count). The van der Waals surface area contributed by atoms with Crippen molar-refractivity contribution in [1.29, 1.82) is 0 Å². The van der Waals surface area contributed by atoms with E-state index in [0.29, 0.717) is 27.7 Å². The molecule has 28 heavy (non-hydrogen) atoms. The Balaban J connectivity index is 1.97. The van der Waals surface area contributed by atoms with Crippen molar-refractivity contribution < 1.29 is 9.59 Å². The number of carbonyl (C=O) groups excluding carboxylic acids is 2. The monoisotopic (exact) mass is 412 g/mol. The predicted octanol–water partition coefficient (Wildman–Crippen LogP) is 6.31. The molecule has 2 aromatic carbocycles. The summed E-state index contributed by atoms with van der Waals surface area (Å²) in [5, 5.41) is 8.64. The highest BCUT2D eigenvalue weighted by Gasteiger charge is 2.22. The summed E-state index contributed by atoms with van der Waals surface area (Å²) in [5.41, 5.74) is 2.65. The Labute approximate surface area is 173 Å². The third-order valence-corrected chi connectivity index (χ3v) is 5.30. The van der Waals surface area contributed by atoms with Gasteiger partial charge in [0.05, 0.1) is 16.3 Å². The van der Waals surface area contributed by atoms with Crippen molar-refractivity contribution in [3.8, 4) is 11.1 Å². The predicted molar refractivity (Wildman–Crippen MR) is 117 cm³/mol. The van der Waals surface area contributed by atoms with Gasteiger partial charge in [-0.25, -0.2) is 0 Å². The number of hydrogen-bond donors (Lipinski definition) is 2. The first-order valence-corrected chi connectivity index (χ1v) is 10.2. The normalized spacial score (nSPS) is 10.7. The van der Waals surface area contributed by atoms with Gasteiger partial charge in [-0.05, 0) is 23.6 Å². The molecule has 4 nitrogen and oxygen atoms in total. The van der Waals surface area contributed by atoms with Gasteiger partial charge in [0.15, 0.2) is 0 Å². The summed E-state index contributed by atoms with van der Waals surface area (Å²) in [7, 11) is 0. The lowest BCUT2D eigenvalue weighted by Gasteiger charge is -2.12. The van der Waals surface area contributed by atoms with Gasteiger partial charge in [0.2, 0.25) is 5.91 Å². The average Bonchev–Trinajstić information content (AvgIpc) is 3.07. The summed E-state index contributed by atoms with van der Waals surface area (Å²) >= 11 is 7.53. The Morgan fingerprint density at radius 1 is 1.00 bits per heavy atom. The molecule has 2 N–H and O–H groups in total. The lowest BCUT2D eigenvalue weighted by Crippen LogP contribution is -2.18. The Morgan fingerprint density at radius 3 is 2.36 bits per heavy atom. The van der Waals surface area contributed by atoms with Crippen molar-refractivity contribution in [2.45, 2.75) is 20.3 Å². The Morgan fingerprint density at radius 2 is 1.68 bits per heavy atom. The maximum Gasteiger partial charge on any atom is 0.259 e. The van der Waals surface area contributed by atoms with Crippen molar-refractivity contribution in [3.05, 3.63) is 70.6 Å². The molecule has 3 aromatic rings. The van der Waals surface area contributed by atoms with Crippen LogP contribution in [0.2, 0.25) is 5.02 Å². The minimum Gasteiger partial charge on any atom is -0.321 e. The van der Waals surface area contributed by atoms with Gasteiger partial charge in [-0.15, -0.1) is 11.3 Å². The zero-order chi connectivity index (χ0) is 20.1. The number of hydrogen-bond acceptors (Lipinski definition) is 3. The average molecular weight is 413 g/mol. The SMILES string of the molecule is CC(C)CC(=O)Nc1scc(-c2ccccc2)c1C(=O)Nc1ccccc1Cl. The van der Waals surface area contributed by atoms with Gasteiger partial charge in [-0.3, -0.25) is 9.59 Å². The fraction of sp³-hybridized carbons (Fsp3) is 0.182. The number of rotatable bonds is 6. The minimum atomic E-state index is -0.312. The second-order valence-corrected chi connectivity index (χ2v) is 8.09. The molecule has 0 spiro atoms. The number of para-hydroxylation sites is 1. The first-order valence-electron chi connectivity index (χ1n) is 8.98. The van der Waals surface area contributed by atoms with Crippen LogP contribution in [0, 0.1) is 5.92 Å². The molecule has 0 aliphatic heterocycles. The van der Waals surface area contributed by atoms with E-state index in [1.807, 2.05) is 49.6 Å². The Bertz CT molecular complexity index is 983. The van der Waals surface area contributed by atoms with Crippen molar-refractivity contribution >= 4 is 45.4 Å². The molecule has 0 fully saturated rings. The van der Waals surface area contributed by atoms with Crippen LogP contribution in [0.4, 0.5) is 10.7 Å². The number of halogens is 1. The first kappa shape index (κ1) is 20.1.